The third-order valence-electron chi connectivity index (χ3n) is 7.14. The van der Waals surface area contributed by atoms with Gasteiger partial charge in [-0.25, -0.2) is 18.4 Å². The number of carbonyl (C=O) groups excluding carboxylic acids is 1. The maximum Gasteiger partial charge on any atom is 0.243 e. The summed E-state index contributed by atoms with van der Waals surface area (Å²) in [6.45, 7) is 9.38. The van der Waals surface area contributed by atoms with Gasteiger partial charge < -0.3 is 9.88 Å². The molecule has 1 fully saturated rings. The Hall–Kier alpha value is -3.82. The number of fused-ring (bicyclic) bond motifs is 1. The molecular formula is C30H33N5O3S. The van der Waals surface area contributed by atoms with Gasteiger partial charge in [0, 0.05) is 49.0 Å². The van der Waals surface area contributed by atoms with Crippen LogP contribution >= 0.6 is 0 Å². The minimum absolute atomic E-state index is 0.0211. The second-order valence-electron chi connectivity index (χ2n) is 10.5. The fraction of sp³-hybridized carbons (Fsp3) is 0.300. The van der Waals surface area contributed by atoms with Crippen molar-refractivity contribution in [3.05, 3.63) is 85.2 Å². The summed E-state index contributed by atoms with van der Waals surface area (Å²) in [7, 11) is -3.83. The normalized spacial score (nSPS) is 14.3. The average molecular weight is 544 g/mol. The number of rotatable bonds is 10. The van der Waals surface area contributed by atoms with Crippen molar-refractivity contribution in [2.24, 2.45) is 5.41 Å². The second-order valence-corrected chi connectivity index (χ2v) is 12.4. The molecule has 0 unspecified atom stereocenters. The van der Waals surface area contributed by atoms with E-state index in [4.69, 9.17) is 4.98 Å². The van der Waals surface area contributed by atoms with Gasteiger partial charge >= 0.3 is 0 Å². The first kappa shape index (κ1) is 26.8. The smallest absolute Gasteiger partial charge is 0.243 e. The monoisotopic (exact) mass is 543 g/mol. The molecule has 8 nitrogen and oxygen atoms in total. The van der Waals surface area contributed by atoms with E-state index >= 15 is 0 Å². The third kappa shape index (κ3) is 5.37. The minimum Gasteiger partial charge on any atom is -0.372 e. The maximum absolute atomic E-state index is 13.9. The van der Waals surface area contributed by atoms with Crippen LogP contribution in [0.5, 0.6) is 0 Å². The number of aromatic amines is 1. The van der Waals surface area contributed by atoms with Crippen LogP contribution in [-0.4, -0.2) is 59.6 Å². The molecular weight excluding hydrogens is 510 g/mol. The Morgan fingerprint density at radius 1 is 1.13 bits per heavy atom. The molecule has 202 valence electrons. The highest BCUT2D eigenvalue weighted by Gasteiger charge is 2.37. The van der Waals surface area contributed by atoms with Crippen LogP contribution in [0.4, 0.5) is 5.69 Å². The van der Waals surface area contributed by atoms with E-state index in [1.165, 1.54) is 23.2 Å². The van der Waals surface area contributed by atoms with Crippen LogP contribution in [-0.2, 0) is 10.0 Å². The van der Waals surface area contributed by atoms with E-state index in [0.717, 1.165) is 24.3 Å². The Morgan fingerprint density at radius 3 is 2.59 bits per heavy atom. The largest absolute Gasteiger partial charge is 0.372 e. The van der Waals surface area contributed by atoms with E-state index in [1.54, 1.807) is 56.6 Å². The summed E-state index contributed by atoms with van der Waals surface area (Å²) < 4.78 is 28.1. The zero-order chi connectivity index (χ0) is 27.6. The van der Waals surface area contributed by atoms with Gasteiger partial charge in [0.25, 0.3) is 0 Å². The summed E-state index contributed by atoms with van der Waals surface area (Å²) >= 11 is 0. The van der Waals surface area contributed by atoms with Crippen molar-refractivity contribution in [3.8, 4) is 11.3 Å². The number of Topliss-reactive ketones (excluding diaryl/α,β-unsaturated/α-hetero) is 1. The number of hydrogen-bond donors (Lipinski definition) is 1. The fourth-order valence-electron chi connectivity index (χ4n) is 5.05. The lowest BCUT2D eigenvalue weighted by Crippen LogP contribution is -2.42. The van der Waals surface area contributed by atoms with Crippen LogP contribution in [0, 0.1) is 5.41 Å². The number of anilines is 1. The Labute approximate surface area is 229 Å². The molecule has 2 aromatic carbocycles. The quantitative estimate of drug-likeness (QED) is 0.215. The summed E-state index contributed by atoms with van der Waals surface area (Å²) in [4.78, 5) is 28.9. The third-order valence-corrected chi connectivity index (χ3v) is 8.96. The summed E-state index contributed by atoms with van der Waals surface area (Å²) in [6.07, 6.45) is 7.23. The highest BCUT2D eigenvalue weighted by atomic mass is 32.2. The first-order valence-electron chi connectivity index (χ1n) is 13.1. The van der Waals surface area contributed by atoms with Crippen LogP contribution in [0.15, 0.2) is 84.5 Å². The van der Waals surface area contributed by atoms with Crippen molar-refractivity contribution in [1.82, 2.24) is 19.3 Å². The molecule has 5 rings (SSSR count). The van der Waals surface area contributed by atoms with E-state index < -0.39 is 15.4 Å². The van der Waals surface area contributed by atoms with Gasteiger partial charge in [-0.3, -0.25) is 4.79 Å². The maximum atomic E-state index is 13.9. The van der Waals surface area contributed by atoms with Crippen molar-refractivity contribution < 1.29 is 13.2 Å². The zero-order valence-electron chi connectivity index (χ0n) is 22.3. The van der Waals surface area contributed by atoms with E-state index in [1.807, 2.05) is 12.1 Å². The minimum atomic E-state index is -3.83. The molecule has 1 aliphatic rings. The lowest BCUT2D eigenvalue weighted by molar-refractivity contribution is 0.0815. The van der Waals surface area contributed by atoms with Crippen LogP contribution in [0.3, 0.4) is 0 Å². The Balaban J connectivity index is 1.45. The van der Waals surface area contributed by atoms with Gasteiger partial charge in [0.05, 0.1) is 22.3 Å². The van der Waals surface area contributed by atoms with Gasteiger partial charge in [0.15, 0.2) is 11.4 Å². The number of sulfonamides is 1. The first-order valence-corrected chi connectivity index (χ1v) is 14.5. The number of nitrogens with zero attached hydrogens (tertiary/aromatic N) is 4. The van der Waals surface area contributed by atoms with Gasteiger partial charge in [-0.15, -0.1) is 6.58 Å². The molecule has 1 aliphatic heterocycles. The highest BCUT2D eigenvalue weighted by molar-refractivity contribution is 7.89. The summed E-state index contributed by atoms with van der Waals surface area (Å²) in [5.74, 6) is -0.219. The summed E-state index contributed by atoms with van der Waals surface area (Å²) in [5.41, 5.74) is 3.07. The Bertz CT molecular complexity index is 1610. The first-order chi connectivity index (χ1) is 18.7. The molecule has 0 amide bonds. The molecule has 0 spiro atoms. The Morgan fingerprint density at radius 2 is 1.87 bits per heavy atom. The van der Waals surface area contributed by atoms with Crippen molar-refractivity contribution >= 4 is 32.7 Å². The van der Waals surface area contributed by atoms with Gasteiger partial charge in [-0.05, 0) is 37.1 Å². The van der Waals surface area contributed by atoms with Crippen LogP contribution in [0.25, 0.3) is 22.4 Å². The molecule has 39 heavy (non-hydrogen) atoms. The van der Waals surface area contributed by atoms with Gasteiger partial charge in [0.1, 0.15) is 5.52 Å². The topological polar surface area (TPSA) is 99.3 Å². The molecule has 2 aromatic heterocycles. The molecule has 1 N–H and O–H groups in total. The van der Waals surface area contributed by atoms with Crippen molar-refractivity contribution in [3.63, 3.8) is 0 Å². The average Bonchev–Trinajstić information content (AvgIpc) is 3.63. The molecule has 0 radical (unpaired) electrons. The number of ketones is 1. The number of carbonyl (C=O) groups is 1. The molecule has 0 bridgehead atoms. The number of H-pyrrole nitrogens is 1. The molecule has 9 heteroatoms. The molecule has 4 aromatic rings. The van der Waals surface area contributed by atoms with Crippen molar-refractivity contribution in [2.75, 3.05) is 31.1 Å². The zero-order valence-corrected chi connectivity index (χ0v) is 23.1. The molecule has 0 saturated carbocycles. The number of benzene rings is 2. The van der Waals surface area contributed by atoms with Crippen LogP contribution in [0.2, 0.25) is 0 Å². The molecule has 3 heterocycles. The lowest BCUT2D eigenvalue weighted by atomic mass is 9.84. The number of aromatic nitrogens is 3. The van der Waals surface area contributed by atoms with Crippen LogP contribution in [0.1, 0.15) is 37.0 Å². The van der Waals surface area contributed by atoms with Gasteiger partial charge in [-0.2, -0.15) is 4.31 Å². The predicted molar refractivity (Wildman–Crippen MR) is 154 cm³/mol. The fourth-order valence-corrected chi connectivity index (χ4v) is 6.64. The van der Waals surface area contributed by atoms with Crippen LogP contribution < -0.4 is 4.90 Å². The Kier molecular flexibility index (Phi) is 7.38. The standard InChI is InChI=1S/C30H33N5O3S/c1-4-15-35(39(37,38)24-13-6-5-7-14-24)21-30(2,3)28(36)25-19-31-29-27(25)33-26(20-32-29)22-11-10-12-23(18-22)34-16-8-9-17-34/h4-7,10-14,18-20H,1,8-9,15-17,21H2,2-3H3,(H,31,32). The number of hydrogen-bond acceptors (Lipinski definition) is 6. The van der Waals surface area contributed by atoms with E-state index in [9.17, 15) is 13.2 Å². The van der Waals surface area contributed by atoms with Gasteiger partial charge in [-0.1, -0.05) is 50.3 Å². The van der Waals surface area contributed by atoms with Crippen molar-refractivity contribution in [2.45, 2.75) is 31.6 Å². The van der Waals surface area contributed by atoms with E-state index in [0.29, 0.717) is 22.4 Å². The van der Waals surface area contributed by atoms with Crippen molar-refractivity contribution in [1.29, 1.82) is 0 Å². The lowest BCUT2D eigenvalue weighted by Gasteiger charge is -2.30. The second kappa shape index (κ2) is 10.7. The number of nitrogens with one attached hydrogen (secondary N) is 1. The SMILES string of the molecule is C=CCN(CC(C)(C)C(=O)c1c[nH]c2ncc(-c3cccc(N4CCCC4)c3)nc12)S(=O)(=O)c1ccccc1. The molecule has 0 atom stereocenters. The predicted octanol–water partition coefficient (Wildman–Crippen LogP) is 5.31. The van der Waals surface area contributed by atoms with E-state index in [2.05, 4.69) is 33.6 Å². The molecule has 0 aliphatic carbocycles. The highest BCUT2D eigenvalue weighted by Crippen LogP contribution is 2.31. The molecule has 1 saturated heterocycles. The summed E-state index contributed by atoms with van der Waals surface area (Å²) in [6, 6.07) is 16.5. The van der Waals surface area contributed by atoms with Gasteiger partial charge in [0.2, 0.25) is 10.0 Å². The van der Waals surface area contributed by atoms with E-state index in [-0.39, 0.29) is 23.8 Å². The summed E-state index contributed by atoms with van der Waals surface area (Å²) in [5, 5.41) is 0.